The van der Waals surface area contributed by atoms with E-state index in [1.165, 1.54) is 18.2 Å². The van der Waals surface area contributed by atoms with E-state index < -0.39 is 11.9 Å². The highest BCUT2D eigenvalue weighted by atomic mass is 16.4. The fraction of sp³-hybridized carbons (Fsp3) is 0. The zero-order chi connectivity index (χ0) is 13.8. The van der Waals surface area contributed by atoms with Gasteiger partial charge in [0.05, 0.1) is 11.3 Å². The van der Waals surface area contributed by atoms with Gasteiger partial charge in [-0.05, 0) is 30.3 Å². The van der Waals surface area contributed by atoms with Crippen LogP contribution in [0.25, 0.3) is 0 Å². The number of anilines is 1. The summed E-state index contributed by atoms with van der Waals surface area (Å²) in [6.45, 7) is 0. The summed E-state index contributed by atoms with van der Waals surface area (Å²) in [6, 6.07) is 12.1. The maximum absolute atomic E-state index is 11.9. The van der Waals surface area contributed by atoms with Crippen LogP contribution in [0.4, 0.5) is 5.69 Å². The van der Waals surface area contributed by atoms with Crippen molar-refractivity contribution in [1.82, 2.24) is 0 Å². The molecule has 0 aliphatic rings. The van der Waals surface area contributed by atoms with Gasteiger partial charge in [-0.3, -0.25) is 4.79 Å². The second-order valence-corrected chi connectivity index (χ2v) is 3.86. The molecular weight excluding hydrogens is 246 g/mol. The first-order valence-corrected chi connectivity index (χ1v) is 5.50. The van der Waals surface area contributed by atoms with E-state index in [2.05, 4.69) is 5.32 Å². The number of aromatic carboxylic acids is 1. The van der Waals surface area contributed by atoms with Crippen molar-refractivity contribution in [3.05, 3.63) is 59.7 Å². The standard InChI is InChI=1S/C14H11NO4/c16-12-7-6-10(14(18)19)8-11(12)15-13(17)9-4-2-1-3-5-9/h1-8,16H,(H,15,17)(H,18,19). The van der Waals surface area contributed by atoms with Crippen LogP contribution in [-0.2, 0) is 0 Å². The third kappa shape index (κ3) is 2.90. The molecule has 0 spiro atoms. The van der Waals surface area contributed by atoms with E-state index in [9.17, 15) is 14.7 Å². The number of amides is 1. The number of nitrogens with one attached hydrogen (secondary N) is 1. The van der Waals surface area contributed by atoms with Gasteiger partial charge in [0.15, 0.2) is 0 Å². The van der Waals surface area contributed by atoms with Crippen LogP contribution >= 0.6 is 0 Å². The molecule has 0 atom stereocenters. The predicted molar refractivity (Wildman–Crippen MR) is 69.5 cm³/mol. The number of phenolic OH excluding ortho intramolecular Hbond substituents is 1. The third-order valence-corrected chi connectivity index (χ3v) is 2.53. The second kappa shape index (κ2) is 5.22. The van der Waals surface area contributed by atoms with Gasteiger partial charge in [-0.15, -0.1) is 0 Å². The van der Waals surface area contributed by atoms with Gasteiger partial charge in [-0.1, -0.05) is 18.2 Å². The van der Waals surface area contributed by atoms with Crippen molar-refractivity contribution in [1.29, 1.82) is 0 Å². The highest BCUT2D eigenvalue weighted by molar-refractivity contribution is 6.05. The molecule has 2 rings (SSSR count). The molecule has 0 bridgehead atoms. The molecule has 1 amide bonds. The Balaban J connectivity index is 2.26. The van der Waals surface area contributed by atoms with E-state index in [0.717, 1.165) is 0 Å². The number of hydrogen-bond donors (Lipinski definition) is 3. The number of carboxylic acids is 1. The third-order valence-electron chi connectivity index (χ3n) is 2.53. The van der Waals surface area contributed by atoms with E-state index in [1.807, 2.05) is 0 Å². The van der Waals surface area contributed by atoms with Crippen molar-refractivity contribution in [2.24, 2.45) is 0 Å². The first-order valence-electron chi connectivity index (χ1n) is 5.50. The molecule has 96 valence electrons. The summed E-state index contributed by atoms with van der Waals surface area (Å²) in [5, 5.41) is 20.9. The van der Waals surface area contributed by atoms with E-state index >= 15 is 0 Å². The lowest BCUT2D eigenvalue weighted by Gasteiger charge is -2.08. The molecule has 0 aliphatic carbocycles. The highest BCUT2D eigenvalue weighted by Gasteiger charge is 2.11. The minimum absolute atomic E-state index is 0.0128. The minimum Gasteiger partial charge on any atom is -0.506 e. The van der Waals surface area contributed by atoms with Gasteiger partial charge in [0.25, 0.3) is 5.91 Å². The zero-order valence-electron chi connectivity index (χ0n) is 9.83. The lowest BCUT2D eigenvalue weighted by atomic mass is 10.1. The first-order chi connectivity index (χ1) is 9.08. The van der Waals surface area contributed by atoms with Crippen LogP contribution in [0, 0.1) is 0 Å². The summed E-state index contributed by atoms with van der Waals surface area (Å²) in [5.41, 5.74) is 0.470. The number of aromatic hydroxyl groups is 1. The number of phenols is 1. The van der Waals surface area contributed by atoms with Crippen molar-refractivity contribution in [3.63, 3.8) is 0 Å². The molecule has 2 aromatic carbocycles. The first kappa shape index (κ1) is 12.6. The molecule has 0 saturated carbocycles. The Labute approximate surface area is 109 Å². The van der Waals surface area contributed by atoms with E-state index in [1.54, 1.807) is 30.3 Å². The number of carbonyl (C=O) groups is 2. The van der Waals surface area contributed by atoms with Crippen LogP contribution in [-0.4, -0.2) is 22.1 Å². The van der Waals surface area contributed by atoms with Gasteiger partial charge < -0.3 is 15.5 Å². The van der Waals surface area contributed by atoms with Crippen LogP contribution in [0.15, 0.2) is 48.5 Å². The Kier molecular flexibility index (Phi) is 3.47. The number of hydrogen-bond acceptors (Lipinski definition) is 3. The smallest absolute Gasteiger partial charge is 0.335 e. The molecule has 0 unspecified atom stereocenters. The summed E-state index contributed by atoms with van der Waals surface area (Å²) in [4.78, 5) is 22.7. The van der Waals surface area contributed by atoms with E-state index in [4.69, 9.17) is 5.11 Å². The molecule has 0 fully saturated rings. The molecule has 0 saturated heterocycles. The lowest BCUT2D eigenvalue weighted by Crippen LogP contribution is -2.12. The van der Waals surface area contributed by atoms with Gasteiger partial charge in [-0.25, -0.2) is 4.79 Å². The van der Waals surface area contributed by atoms with Crippen LogP contribution in [0.3, 0.4) is 0 Å². The molecular formula is C14H11NO4. The number of rotatable bonds is 3. The molecule has 0 radical (unpaired) electrons. The van der Waals surface area contributed by atoms with Crippen molar-refractivity contribution in [2.45, 2.75) is 0 Å². The van der Waals surface area contributed by atoms with Crippen LogP contribution in [0.1, 0.15) is 20.7 Å². The average Bonchev–Trinajstić information content (AvgIpc) is 2.42. The Morgan fingerprint density at radius 2 is 1.63 bits per heavy atom. The Bertz CT molecular complexity index is 623. The topological polar surface area (TPSA) is 86.6 Å². The lowest BCUT2D eigenvalue weighted by molar-refractivity contribution is 0.0696. The van der Waals surface area contributed by atoms with Gasteiger partial charge in [0.2, 0.25) is 0 Å². The number of carbonyl (C=O) groups excluding carboxylic acids is 1. The van der Waals surface area contributed by atoms with Crippen LogP contribution in [0.2, 0.25) is 0 Å². The van der Waals surface area contributed by atoms with Crippen LogP contribution in [0.5, 0.6) is 5.75 Å². The Hall–Kier alpha value is -2.82. The quantitative estimate of drug-likeness (QED) is 0.736. The van der Waals surface area contributed by atoms with Crippen LogP contribution < -0.4 is 5.32 Å². The molecule has 5 nitrogen and oxygen atoms in total. The predicted octanol–water partition coefficient (Wildman–Crippen LogP) is 2.34. The molecule has 19 heavy (non-hydrogen) atoms. The van der Waals surface area contributed by atoms with Gasteiger partial charge in [0, 0.05) is 5.56 Å². The molecule has 0 aromatic heterocycles. The van der Waals surface area contributed by atoms with Crippen molar-refractivity contribution >= 4 is 17.6 Å². The Morgan fingerprint density at radius 1 is 0.947 bits per heavy atom. The summed E-state index contributed by atoms with van der Waals surface area (Å²) in [6.07, 6.45) is 0. The minimum atomic E-state index is -1.13. The molecule has 5 heteroatoms. The van der Waals surface area contributed by atoms with Crippen molar-refractivity contribution < 1.29 is 19.8 Å². The fourth-order valence-corrected chi connectivity index (χ4v) is 1.55. The molecule has 3 N–H and O–H groups in total. The van der Waals surface area contributed by atoms with Gasteiger partial charge >= 0.3 is 5.97 Å². The van der Waals surface area contributed by atoms with Gasteiger partial charge in [0.1, 0.15) is 5.75 Å². The number of carboxylic acid groups (broad SMARTS) is 1. The van der Waals surface area contributed by atoms with E-state index in [0.29, 0.717) is 5.56 Å². The average molecular weight is 257 g/mol. The summed E-state index contributed by atoms with van der Waals surface area (Å²) in [7, 11) is 0. The second-order valence-electron chi connectivity index (χ2n) is 3.86. The van der Waals surface area contributed by atoms with Crippen molar-refractivity contribution in [3.8, 4) is 5.75 Å². The maximum Gasteiger partial charge on any atom is 0.335 e. The summed E-state index contributed by atoms with van der Waals surface area (Å²) < 4.78 is 0. The molecule has 0 aliphatic heterocycles. The maximum atomic E-state index is 11.9. The highest BCUT2D eigenvalue weighted by Crippen LogP contribution is 2.24. The Morgan fingerprint density at radius 3 is 2.26 bits per heavy atom. The molecule has 2 aromatic rings. The fourth-order valence-electron chi connectivity index (χ4n) is 1.55. The molecule has 0 heterocycles. The number of benzene rings is 2. The summed E-state index contributed by atoms with van der Waals surface area (Å²) >= 11 is 0. The monoisotopic (exact) mass is 257 g/mol. The zero-order valence-corrected chi connectivity index (χ0v) is 9.83. The summed E-state index contributed by atoms with van der Waals surface area (Å²) in [5.74, 6) is -1.73. The largest absolute Gasteiger partial charge is 0.506 e. The normalized spacial score (nSPS) is 9.89. The van der Waals surface area contributed by atoms with Gasteiger partial charge in [-0.2, -0.15) is 0 Å². The van der Waals surface area contributed by atoms with E-state index in [-0.39, 0.29) is 17.0 Å². The SMILES string of the molecule is O=C(O)c1ccc(O)c(NC(=O)c2ccccc2)c1. The van der Waals surface area contributed by atoms with Crippen molar-refractivity contribution in [2.75, 3.05) is 5.32 Å².